The predicted octanol–water partition coefficient (Wildman–Crippen LogP) is 1.43. The fourth-order valence-corrected chi connectivity index (χ4v) is 3.15. The number of rotatable bonds is 2. The van der Waals surface area contributed by atoms with Crippen LogP contribution in [0.1, 0.15) is 29.6 Å². The third-order valence-corrected chi connectivity index (χ3v) is 4.19. The van der Waals surface area contributed by atoms with Gasteiger partial charge >= 0.3 is 0 Å². The van der Waals surface area contributed by atoms with Crippen molar-refractivity contribution in [1.82, 2.24) is 9.88 Å². The molecule has 1 aliphatic heterocycles. The number of aromatic nitrogens is 1. The molecule has 0 N–H and O–H groups in total. The predicted molar refractivity (Wildman–Crippen MR) is 72.2 cm³/mol. The lowest BCUT2D eigenvalue weighted by molar-refractivity contribution is -0.124. The normalized spacial score (nSPS) is 26.1. The Labute approximate surface area is 122 Å². The van der Waals surface area contributed by atoms with E-state index in [9.17, 15) is 14.0 Å². The molecule has 1 amide bonds. The average molecular weight is 292 g/mol. The number of amides is 1. The van der Waals surface area contributed by atoms with Gasteiger partial charge in [-0.15, -0.1) is 0 Å². The summed E-state index contributed by atoms with van der Waals surface area (Å²) in [5, 5.41) is 0. The highest BCUT2D eigenvalue weighted by atomic mass is 19.1. The van der Waals surface area contributed by atoms with E-state index in [0.717, 1.165) is 19.0 Å². The van der Waals surface area contributed by atoms with Gasteiger partial charge in [0.25, 0.3) is 5.91 Å². The molecule has 0 bridgehead atoms. The van der Waals surface area contributed by atoms with Crippen LogP contribution in [0.2, 0.25) is 0 Å². The summed E-state index contributed by atoms with van der Waals surface area (Å²) in [7, 11) is 0. The van der Waals surface area contributed by atoms with Crippen molar-refractivity contribution in [3.05, 3.63) is 29.8 Å². The van der Waals surface area contributed by atoms with Crippen LogP contribution in [0.25, 0.3) is 0 Å². The number of Topliss-reactive ketones (excluding diaryl/α,β-unsaturated/α-hetero) is 1. The number of hydrogen-bond acceptors (Lipinski definition) is 4. The Morgan fingerprint density at radius 1 is 1.43 bits per heavy atom. The standard InChI is InChI=1S/C15H17FN2O3/c16-11-6-10(7-17-8-11)15(20)18-4-5-21-9-13(18)12-2-1-3-14(12)19/h6-8,12-13H,1-5,9H2. The van der Waals surface area contributed by atoms with Gasteiger partial charge < -0.3 is 9.64 Å². The van der Waals surface area contributed by atoms with Gasteiger partial charge in [0.1, 0.15) is 11.6 Å². The average Bonchev–Trinajstić information content (AvgIpc) is 2.92. The van der Waals surface area contributed by atoms with Crippen molar-refractivity contribution in [2.75, 3.05) is 19.8 Å². The molecule has 21 heavy (non-hydrogen) atoms. The summed E-state index contributed by atoms with van der Waals surface area (Å²) in [5.74, 6) is -0.783. The van der Waals surface area contributed by atoms with Gasteiger partial charge in [-0.2, -0.15) is 0 Å². The quantitative estimate of drug-likeness (QED) is 0.827. The Balaban J connectivity index is 1.83. The highest BCUT2D eigenvalue weighted by Gasteiger charge is 2.39. The second kappa shape index (κ2) is 5.89. The van der Waals surface area contributed by atoms with Crippen LogP contribution in [-0.4, -0.2) is 47.4 Å². The highest BCUT2D eigenvalue weighted by Crippen LogP contribution is 2.29. The number of ether oxygens (including phenoxy) is 1. The molecule has 1 aromatic rings. The Bertz CT molecular complexity index is 564. The monoisotopic (exact) mass is 292 g/mol. The van der Waals surface area contributed by atoms with Crippen molar-refractivity contribution in [3.63, 3.8) is 0 Å². The van der Waals surface area contributed by atoms with Crippen LogP contribution in [0.3, 0.4) is 0 Å². The van der Waals surface area contributed by atoms with E-state index in [0.29, 0.717) is 26.2 Å². The van der Waals surface area contributed by atoms with Crippen molar-refractivity contribution >= 4 is 11.7 Å². The molecule has 2 heterocycles. The molecule has 1 aliphatic carbocycles. The van der Waals surface area contributed by atoms with Crippen molar-refractivity contribution in [2.24, 2.45) is 5.92 Å². The molecular weight excluding hydrogens is 275 g/mol. The number of ketones is 1. The van der Waals surface area contributed by atoms with Crippen LogP contribution in [0.5, 0.6) is 0 Å². The summed E-state index contributed by atoms with van der Waals surface area (Å²) in [6.07, 6.45) is 4.65. The summed E-state index contributed by atoms with van der Waals surface area (Å²) in [5.41, 5.74) is 0.215. The maximum atomic E-state index is 13.2. The molecule has 112 valence electrons. The molecule has 1 aromatic heterocycles. The first-order valence-corrected chi connectivity index (χ1v) is 7.19. The number of carbonyl (C=O) groups is 2. The Morgan fingerprint density at radius 3 is 3.00 bits per heavy atom. The van der Waals surface area contributed by atoms with Gasteiger partial charge in [-0.1, -0.05) is 0 Å². The first-order chi connectivity index (χ1) is 10.2. The van der Waals surface area contributed by atoms with Crippen molar-refractivity contribution in [3.8, 4) is 0 Å². The Kier molecular flexibility index (Phi) is 3.96. The molecule has 1 saturated heterocycles. The lowest BCUT2D eigenvalue weighted by atomic mass is 9.95. The molecule has 2 aliphatic rings. The number of halogens is 1. The van der Waals surface area contributed by atoms with Gasteiger partial charge in [0, 0.05) is 25.1 Å². The maximum Gasteiger partial charge on any atom is 0.255 e. The first kappa shape index (κ1) is 14.1. The summed E-state index contributed by atoms with van der Waals surface area (Å²) < 4.78 is 18.7. The summed E-state index contributed by atoms with van der Waals surface area (Å²) >= 11 is 0. The van der Waals surface area contributed by atoms with Gasteiger partial charge in [-0.25, -0.2) is 4.39 Å². The van der Waals surface area contributed by atoms with Gasteiger partial charge in [0.2, 0.25) is 0 Å². The number of hydrogen-bond donors (Lipinski definition) is 0. The summed E-state index contributed by atoms with van der Waals surface area (Å²) in [6, 6.07) is 0.933. The lowest BCUT2D eigenvalue weighted by Crippen LogP contribution is -2.53. The topological polar surface area (TPSA) is 59.5 Å². The molecule has 0 spiro atoms. The zero-order chi connectivity index (χ0) is 14.8. The second-order valence-corrected chi connectivity index (χ2v) is 5.50. The summed E-state index contributed by atoms with van der Waals surface area (Å²) in [6.45, 7) is 1.22. The van der Waals surface area contributed by atoms with Crippen molar-refractivity contribution in [2.45, 2.75) is 25.3 Å². The van der Waals surface area contributed by atoms with E-state index in [-0.39, 0.29) is 29.2 Å². The Hall–Kier alpha value is -1.82. The molecule has 2 fully saturated rings. The molecule has 0 radical (unpaired) electrons. The zero-order valence-corrected chi connectivity index (χ0v) is 11.6. The van der Waals surface area contributed by atoms with Crippen LogP contribution >= 0.6 is 0 Å². The fraction of sp³-hybridized carbons (Fsp3) is 0.533. The van der Waals surface area contributed by atoms with Crippen molar-refractivity contribution in [1.29, 1.82) is 0 Å². The van der Waals surface area contributed by atoms with E-state index >= 15 is 0 Å². The van der Waals surface area contributed by atoms with E-state index in [1.54, 1.807) is 4.90 Å². The molecule has 6 heteroatoms. The minimum Gasteiger partial charge on any atom is -0.377 e. The second-order valence-electron chi connectivity index (χ2n) is 5.50. The highest BCUT2D eigenvalue weighted by molar-refractivity contribution is 5.95. The third-order valence-electron chi connectivity index (χ3n) is 4.19. The van der Waals surface area contributed by atoms with E-state index in [4.69, 9.17) is 4.74 Å². The number of pyridine rings is 1. The van der Waals surface area contributed by atoms with Crippen LogP contribution in [0.15, 0.2) is 18.5 Å². The molecule has 2 atom stereocenters. The molecular formula is C15H17FN2O3. The smallest absolute Gasteiger partial charge is 0.255 e. The van der Waals surface area contributed by atoms with Crippen LogP contribution in [-0.2, 0) is 9.53 Å². The minimum absolute atomic E-state index is 0.157. The fourth-order valence-electron chi connectivity index (χ4n) is 3.15. The summed E-state index contributed by atoms with van der Waals surface area (Å²) in [4.78, 5) is 29.9. The maximum absolute atomic E-state index is 13.2. The number of carbonyl (C=O) groups excluding carboxylic acids is 2. The van der Waals surface area contributed by atoms with E-state index in [2.05, 4.69) is 4.98 Å². The van der Waals surface area contributed by atoms with Gasteiger partial charge in [0.15, 0.2) is 0 Å². The van der Waals surface area contributed by atoms with E-state index < -0.39 is 5.82 Å². The number of morpholine rings is 1. The van der Waals surface area contributed by atoms with Crippen LogP contribution in [0.4, 0.5) is 4.39 Å². The molecule has 2 unspecified atom stereocenters. The zero-order valence-electron chi connectivity index (χ0n) is 11.6. The lowest BCUT2D eigenvalue weighted by Gasteiger charge is -2.38. The largest absolute Gasteiger partial charge is 0.377 e. The van der Waals surface area contributed by atoms with Gasteiger partial charge in [-0.05, 0) is 18.9 Å². The van der Waals surface area contributed by atoms with Crippen LogP contribution in [0, 0.1) is 11.7 Å². The third kappa shape index (κ3) is 2.81. The molecule has 1 saturated carbocycles. The van der Waals surface area contributed by atoms with E-state index in [1.165, 1.54) is 12.3 Å². The minimum atomic E-state index is -0.539. The van der Waals surface area contributed by atoms with Crippen molar-refractivity contribution < 1.29 is 18.7 Å². The molecule has 5 nitrogen and oxygen atoms in total. The Morgan fingerprint density at radius 2 is 2.29 bits per heavy atom. The SMILES string of the molecule is O=C1CCCC1C1COCCN1C(=O)c1cncc(F)c1. The molecule has 0 aromatic carbocycles. The van der Waals surface area contributed by atoms with Gasteiger partial charge in [-0.3, -0.25) is 14.6 Å². The van der Waals surface area contributed by atoms with Crippen LogP contribution < -0.4 is 0 Å². The molecule has 3 rings (SSSR count). The first-order valence-electron chi connectivity index (χ1n) is 7.19. The van der Waals surface area contributed by atoms with Gasteiger partial charge in [0.05, 0.1) is 31.0 Å². The number of nitrogens with zero attached hydrogens (tertiary/aromatic N) is 2. The van der Waals surface area contributed by atoms with E-state index in [1.807, 2.05) is 0 Å².